The number of alkyl carbamates (subject to hydrolysis) is 1. The summed E-state index contributed by atoms with van der Waals surface area (Å²) in [5.41, 5.74) is 6.25. The van der Waals surface area contributed by atoms with Crippen LogP contribution in [0.3, 0.4) is 0 Å². The summed E-state index contributed by atoms with van der Waals surface area (Å²) >= 11 is 0. The van der Waals surface area contributed by atoms with Crippen LogP contribution in [0.5, 0.6) is 0 Å². The molecule has 1 saturated heterocycles. The van der Waals surface area contributed by atoms with Crippen LogP contribution in [0, 0.1) is 25.7 Å². The number of carbonyl (C=O) groups is 1. The lowest BCUT2D eigenvalue weighted by Gasteiger charge is -2.19. The Bertz CT molecular complexity index is 1080. The highest BCUT2D eigenvalue weighted by Gasteiger charge is 2.36. The number of cyclic esters (lactones) is 1. The number of hydrogen-bond donors (Lipinski definition) is 1. The fraction of sp³-hybridized carbons (Fsp3) is 0.160. The van der Waals surface area contributed by atoms with Gasteiger partial charge in [-0.2, -0.15) is 0 Å². The van der Waals surface area contributed by atoms with Crippen molar-refractivity contribution >= 4 is 6.09 Å². The van der Waals surface area contributed by atoms with E-state index >= 15 is 0 Å². The Morgan fingerprint density at radius 2 is 1.54 bits per heavy atom. The number of nitrogens with one attached hydrogen (secondary N) is 1. The van der Waals surface area contributed by atoms with E-state index in [4.69, 9.17) is 4.74 Å². The zero-order valence-electron chi connectivity index (χ0n) is 15.9. The standard InChI is InChI=1S/C25H21NO2/c1-17-11-14-22(15-18(17)2)24-23(26-25(27)28-24)21-10-6-9-20(16-21)13-12-19-7-4-3-5-8-19/h3-11,14-16,23-24H,1-2H3,(H,26,27)/t23-,24-/m0/s1. The van der Waals surface area contributed by atoms with Gasteiger partial charge in [0.1, 0.15) is 0 Å². The molecule has 1 aliphatic heterocycles. The van der Waals surface area contributed by atoms with Gasteiger partial charge in [0.05, 0.1) is 6.04 Å². The molecule has 0 aliphatic carbocycles. The van der Waals surface area contributed by atoms with E-state index in [0.717, 1.165) is 22.3 Å². The molecule has 3 heteroatoms. The third-order valence-electron chi connectivity index (χ3n) is 5.04. The van der Waals surface area contributed by atoms with Crippen molar-refractivity contribution in [2.75, 3.05) is 0 Å². The molecule has 4 rings (SSSR count). The lowest BCUT2D eigenvalue weighted by atomic mass is 9.93. The molecule has 3 nitrogen and oxygen atoms in total. The van der Waals surface area contributed by atoms with E-state index in [-0.39, 0.29) is 12.1 Å². The van der Waals surface area contributed by atoms with Crippen molar-refractivity contribution in [2.24, 2.45) is 0 Å². The van der Waals surface area contributed by atoms with Crippen LogP contribution in [0.15, 0.2) is 72.8 Å². The van der Waals surface area contributed by atoms with Crippen molar-refractivity contribution in [3.8, 4) is 11.8 Å². The quantitative estimate of drug-likeness (QED) is 0.630. The molecule has 3 aromatic carbocycles. The largest absolute Gasteiger partial charge is 0.439 e. The van der Waals surface area contributed by atoms with Gasteiger partial charge < -0.3 is 10.1 Å². The van der Waals surface area contributed by atoms with Crippen LogP contribution in [-0.2, 0) is 4.74 Å². The second-order valence-electron chi connectivity index (χ2n) is 7.03. The van der Waals surface area contributed by atoms with E-state index in [1.54, 1.807) is 0 Å². The number of rotatable bonds is 2. The van der Waals surface area contributed by atoms with Gasteiger partial charge in [-0.25, -0.2) is 4.79 Å². The third kappa shape index (κ3) is 3.77. The second kappa shape index (κ2) is 7.62. The van der Waals surface area contributed by atoms with Crippen molar-refractivity contribution < 1.29 is 9.53 Å². The molecule has 2 atom stereocenters. The van der Waals surface area contributed by atoms with Crippen LogP contribution >= 0.6 is 0 Å². The van der Waals surface area contributed by atoms with Crippen molar-refractivity contribution in [2.45, 2.75) is 26.0 Å². The molecule has 3 aromatic rings. The summed E-state index contributed by atoms with van der Waals surface area (Å²) in [6.07, 6.45) is -0.752. The van der Waals surface area contributed by atoms with E-state index in [9.17, 15) is 4.79 Å². The Hall–Kier alpha value is -3.51. The van der Waals surface area contributed by atoms with E-state index in [1.165, 1.54) is 11.1 Å². The number of carbonyl (C=O) groups excluding carboxylic acids is 1. The molecule has 0 radical (unpaired) electrons. The first-order chi connectivity index (χ1) is 13.6. The minimum absolute atomic E-state index is 0.243. The van der Waals surface area contributed by atoms with Crippen LogP contribution < -0.4 is 5.32 Å². The summed E-state index contributed by atoms with van der Waals surface area (Å²) in [5.74, 6) is 6.38. The Kier molecular flexibility index (Phi) is 4.87. The van der Waals surface area contributed by atoms with E-state index in [2.05, 4.69) is 43.1 Å². The van der Waals surface area contributed by atoms with Crippen molar-refractivity contribution in [1.82, 2.24) is 5.32 Å². The van der Waals surface area contributed by atoms with Gasteiger partial charge in [0, 0.05) is 11.1 Å². The van der Waals surface area contributed by atoms with Gasteiger partial charge in [0.15, 0.2) is 6.10 Å². The van der Waals surface area contributed by atoms with Crippen LogP contribution in [-0.4, -0.2) is 6.09 Å². The van der Waals surface area contributed by atoms with Crippen LogP contribution in [0.4, 0.5) is 4.79 Å². The summed E-state index contributed by atoms with van der Waals surface area (Å²) in [6.45, 7) is 4.14. The predicted molar refractivity (Wildman–Crippen MR) is 110 cm³/mol. The molecule has 1 amide bonds. The molecule has 1 N–H and O–H groups in total. The zero-order valence-corrected chi connectivity index (χ0v) is 15.9. The van der Waals surface area contributed by atoms with Crippen molar-refractivity contribution in [3.63, 3.8) is 0 Å². The van der Waals surface area contributed by atoms with E-state index in [0.29, 0.717) is 0 Å². The first-order valence-electron chi connectivity index (χ1n) is 9.31. The highest BCUT2D eigenvalue weighted by molar-refractivity contribution is 5.71. The highest BCUT2D eigenvalue weighted by atomic mass is 16.6. The van der Waals surface area contributed by atoms with Gasteiger partial charge in [-0.1, -0.05) is 60.4 Å². The van der Waals surface area contributed by atoms with Gasteiger partial charge in [-0.05, 0) is 60.4 Å². The second-order valence-corrected chi connectivity index (χ2v) is 7.03. The Morgan fingerprint density at radius 3 is 2.32 bits per heavy atom. The molecule has 28 heavy (non-hydrogen) atoms. The summed E-state index contributed by atoms with van der Waals surface area (Å²) in [5, 5.41) is 2.94. The molecular weight excluding hydrogens is 346 g/mol. The average Bonchev–Trinajstić information content (AvgIpc) is 3.11. The predicted octanol–water partition coefficient (Wildman–Crippen LogP) is 5.23. The lowest BCUT2D eigenvalue weighted by molar-refractivity contribution is 0.132. The van der Waals surface area contributed by atoms with Gasteiger partial charge in [0.2, 0.25) is 0 Å². The molecule has 0 saturated carbocycles. The zero-order chi connectivity index (χ0) is 19.5. The van der Waals surface area contributed by atoms with Crippen molar-refractivity contribution in [3.05, 3.63) is 106 Å². The van der Waals surface area contributed by atoms with Crippen molar-refractivity contribution in [1.29, 1.82) is 0 Å². The minimum atomic E-state index is -0.394. The van der Waals surface area contributed by atoms with Gasteiger partial charge in [-0.3, -0.25) is 0 Å². The molecule has 1 fully saturated rings. The summed E-state index contributed by atoms with van der Waals surface area (Å²) in [6, 6.07) is 23.8. The molecule has 0 unspecified atom stereocenters. The van der Waals surface area contributed by atoms with E-state index in [1.807, 2.05) is 60.7 Å². The molecule has 0 bridgehead atoms. The van der Waals surface area contributed by atoms with Gasteiger partial charge >= 0.3 is 6.09 Å². The maximum absolute atomic E-state index is 12.0. The maximum atomic E-state index is 12.0. The fourth-order valence-corrected chi connectivity index (χ4v) is 3.36. The maximum Gasteiger partial charge on any atom is 0.408 e. The lowest BCUT2D eigenvalue weighted by Crippen LogP contribution is -2.19. The Labute approximate surface area is 165 Å². The van der Waals surface area contributed by atoms with E-state index < -0.39 is 6.09 Å². The molecule has 1 aliphatic rings. The molecule has 0 aromatic heterocycles. The van der Waals surface area contributed by atoms with Crippen LogP contribution in [0.1, 0.15) is 45.5 Å². The highest BCUT2D eigenvalue weighted by Crippen LogP contribution is 2.37. The van der Waals surface area contributed by atoms with Gasteiger partial charge in [-0.15, -0.1) is 0 Å². The smallest absolute Gasteiger partial charge is 0.408 e. The number of aryl methyl sites for hydroxylation is 2. The number of benzene rings is 3. The number of amides is 1. The third-order valence-corrected chi connectivity index (χ3v) is 5.04. The summed E-state index contributed by atoms with van der Waals surface area (Å²) in [4.78, 5) is 12.0. The monoisotopic (exact) mass is 367 g/mol. The first-order valence-corrected chi connectivity index (χ1v) is 9.31. The Balaban J connectivity index is 1.64. The normalized spacial score (nSPS) is 18.0. The average molecular weight is 367 g/mol. The Morgan fingerprint density at radius 1 is 0.786 bits per heavy atom. The fourth-order valence-electron chi connectivity index (χ4n) is 3.36. The number of ether oxygens (including phenoxy) is 1. The minimum Gasteiger partial charge on any atom is -0.439 e. The summed E-state index contributed by atoms with van der Waals surface area (Å²) < 4.78 is 5.59. The van der Waals surface area contributed by atoms with Gasteiger partial charge in [0.25, 0.3) is 0 Å². The van der Waals surface area contributed by atoms with Crippen LogP contribution in [0.2, 0.25) is 0 Å². The molecule has 1 heterocycles. The van der Waals surface area contributed by atoms with Crippen LogP contribution in [0.25, 0.3) is 0 Å². The molecule has 138 valence electrons. The molecule has 0 spiro atoms. The molecular formula is C25H21NO2. The SMILES string of the molecule is Cc1ccc([C@@H]2OC(=O)N[C@H]2c2cccc(C#Cc3ccccc3)c2)cc1C. The number of hydrogen-bond acceptors (Lipinski definition) is 2. The summed E-state index contributed by atoms with van der Waals surface area (Å²) in [7, 11) is 0. The topological polar surface area (TPSA) is 38.3 Å². The first kappa shape index (κ1) is 17.9.